The topological polar surface area (TPSA) is 114 Å². The molecule has 2 N–H and O–H groups in total. The minimum Gasteiger partial charge on any atom is -0.507 e. The molecule has 2 aromatic carbocycles. The number of hydroxylamine groups is 1. The molecule has 0 amide bonds. The van der Waals surface area contributed by atoms with Gasteiger partial charge in [0.05, 0.1) is 0 Å². The Labute approximate surface area is 236 Å². The average molecular weight is 569 g/mol. The third kappa shape index (κ3) is 6.54. The molecule has 0 aliphatic carbocycles. The molecule has 2 aliphatic rings. The highest BCUT2D eigenvalue weighted by atomic mass is 31.1. The van der Waals surface area contributed by atoms with Crippen LogP contribution in [-0.2, 0) is 44.7 Å². The molecule has 1 fully saturated rings. The molecule has 0 unspecified atom stereocenters. The average Bonchev–Trinajstić information content (AvgIpc) is 3.62. The number of hydrogen-bond acceptors (Lipinski definition) is 8. The van der Waals surface area contributed by atoms with Crippen LogP contribution in [0.15, 0.2) is 35.9 Å². The first-order valence-electron chi connectivity index (χ1n) is 13.7. The summed E-state index contributed by atoms with van der Waals surface area (Å²) in [7, 11) is -0.465. The van der Waals surface area contributed by atoms with Crippen LogP contribution in [0.4, 0.5) is 0 Å². The van der Waals surface area contributed by atoms with E-state index < -0.39 is 26.6 Å². The van der Waals surface area contributed by atoms with Gasteiger partial charge >= 0.3 is 11.9 Å². The number of hydrogen-bond donors (Lipinski definition) is 2. The number of cyclic esters (lactones) is 1. The highest BCUT2D eigenvalue weighted by molar-refractivity contribution is 7.20. The van der Waals surface area contributed by atoms with Crippen molar-refractivity contribution in [2.45, 2.75) is 78.5 Å². The van der Waals surface area contributed by atoms with Crippen molar-refractivity contribution >= 4 is 20.5 Å². The van der Waals surface area contributed by atoms with Gasteiger partial charge in [0.25, 0.3) is 8.61 Å². The Balaban J connectivity index is 1.46. The summed E-state index contributed by atoms with van der Waals surface area (Å²) in [6.07, 6.45) is 5.74. The van der Waals surface area contributed by atoms with Crippen LogP contribution < -0.4 is 10.2 Å². The zero-order chi connectivity index (χ0) is 28.8. The van der Waals surface area contributed by atoms with E-state index in [9.17, 15) is 19.3 Å². The lowest BCUT2D eigenvalue weighted by atomic mass is 9.89. The molecule has 2 aliphatic heterocycles. The molecule has 0 spiro atoms. The summed E-state index contributed by atoms with van der Waals surface area (Å²) >= 11 is 0. The predicted octanol–water partition coefficient (Wildman–Crippen LogP) is 5.15. The molecule has 214 valence electrons. The number of fused-ring (bicyclic) bond motifs is 1. The number of allylic oxidation sites excluding steroid dienone is 2. The Kier molecular flexibility index (Phi) is 9.95. The maximum atomic E-state index is 12.6. The Hall–Kier alpha value is -3.26. The van der Waals surface area contributed by atoms with Crippen molar-refractivity contribution in [3.63, 3.8) is 0 Å². The number of phenols is 1. The van der Waals surface area contributed by atoms with Gasteiger partial charge in [0.15, 0.2) is 11.8 Å². The number of esters is 2. The van der Waals surface area contributed by atoms with E-state index in [1.807, 2.05) is 45.0 Å². The third-order valence-corrected chi connectivity index (χ3v) is 8.22. The van der Waals surface area contributed by atoms with Gasteiger partial charge in [-0.1, -0.05) is 36.8 Å². The Morgan fingerprint density at radius 1 is 1.32 bits per heavy atom. The number of carbonyl (C=O) groups is 2. The summed E-state index contributed by atoms with van der Waals surface area (Å²) in [5.74, 6) is -0.515. The zero-order valence-electron chi connectivity index (χ0n) is 23.5. The van der Waals surface area contributed by atoms with Crippen LogP contribution in [0.5, 0.6) is 11.5 Å². The molecule has 2 heterocycles. The molecule has 9 nitrogen and oxygen atoms in total. The van der Waals surface area contributed by atoms with Gasteiger partial charge in [-0.05, 0) is 81.4 Å². The standard InChI is InChI=1S/C30H37N2O7P/c1-5-23-19(3)25-17-38-30(35)27(25)28(33)24(23)13-12-18(2)15-21-9-6-7-11-26(21)39-32(40-36)20(4)29(34)37-16-22-10-8-14-31-22/h6-7,9,11-12,20,22,31,33H,5,8,10,13-17H2,1-4H3/t20-,22-/m0/s1. The van der Waals surface area contributed by atoms with Gasteiger partial charge in [-0.15, -0.1) is 0 Å². The molecule has 4 rings (SSSR count). The van der Waals surface area contributed by atoms with Crippen LogP contribution in [0.3, 0.4) is 0 Å². The van der Waals surface area contributed by atoms with Gasteiger partial charge in [-0.25, -0.2) is 4.79 Å². The van der Waals surface area contributed by atoms with E-state index in [-0.39, 0.29) is 30.6 Å². The number of para-hydroxylation sites is 1. The minimum atomic E-state index is -0.879. The van der Waals surface area contributed by atoms with Gasteiger partial charge in [0, 0.05) is 22.7 Å². The Bertz CT molecular complexity index is 1300. The molecule has 10 heteroatoms. The molecule has 0 saturated carbocycles. The van der Waals surface area contributed by atoms with Crippen LogP contribution in [0.25, 0.3) is 0 Å². The van der Waals surface area contributed by atoms with Crippen molar-refractivity contribution in [2.75, 3.05) is 13.2 Å². The smallest absolute Gasteiger partial charge is 0.342 e. The summed E-state index contributed by atoms with van der Waals surface area (Å²) in [6, 6.07) is 6.64. The van der Waals surface area contributed by atoms with Crippen LogP contribution >= 0.6 is 8.61 Å². The number of rotatable bonds is 12. The molecule has 40 heavy (non-hydrogen) atoms. The number of nitrogens with zero attached hydrogens (tertiary/aromatic N) is 1. The van der Waals surface area contributed by atoms with Crippen molar-refractivity contribution in [3.8, 4) is 11.5 Å². The van der Waals surface area contributed by atoms with Crippen LogP contribution in [0, 0.1) is 6.92 Å². The van der Waals surface area contributed by atoms with E-state index in [1.54, 1.807) is 13.0 Å². The highest BCUT2D eigenvalue weighted by Crippen LogP contribution is 2.38. The maximum absolute atomic E-state index is 12.6. The predicted molar refractivity (Wildman–Crippen MR) is 150 cm³/mol. The summed E-state index contributed by atoms with van der Waals surface area (Å²) in [4.78, 5) is 31.8. The molecule has 2 atom stereocenters. The summed E-state index contributed by atoms with van der Waals surface area (Å²) in [5, 5.41) is 14.2. The van der Waals surface area contributed by atoms with Gasteiger partial charge in [0.2, 0.25) is 0 Å². The monoisotopic (exact) mass is 568 g/mol. The lowest BCUT2D eigenvalue weighted by Gasteiger charge is -2.22. The number of aromatic hydroxyl groups is 1. The molecule has 1 saturated heterocycles. The molecule has 0 aromatic heterocycles. The van der Waals surface area contributed by atoms with Gasteiger partial charge in [-0.3, -0.25) is 9.36 Å². The highest BCUT2D eigenvalue weighted by Gasteiger charge is 2.31. The van der Waals surface area contributed by atoms with E-state index >= 15 is 0 Å². The summed E-state index contributed by atoms with van der Waals surface area (Å²) in [5.41, 5.74) is 5.65. The van der Waals surface area contributed by atoms with E-state index in [0.717, 1.165) is 64.0 Å². The van der Waals surface area contributed by atoms with E-state index in [4.69, 9.17) is 14.3 Å². The molecule has 0 bridgehead atoms. The fraction of sp³-hybridized carbons (Fsp3) is 0.467. The van der Waals surface area contributed by atoms with Gasteiger partial charge in [-0.2, -0.15) is 0 Å². The van der Waals surface area contributed by atoms with Crippen LogP contribution in [-0.4, -0.2) is 47.1 Å². The van der Waals surface area contributed by atoms with Crippen molar-refractivity contribution < 1.29 is 33.6 Å². The number of carbonyl (C=O) groups excluding carboxylic acids is 2. The Morgan fingerprint density at radius 3 is 2.80 bits per heavy atom. The maximum Gasteiger partial charge on any atom is 0.342 e. The number of nitrogens with one attached hydrogen (secondary N) is 1. The molecule has 0 radical (unpaired) electrons. The van der Waals surface area contributed by atoms with E-state index in [0.29, 0.717) is 18.6 Å². The molecular weight excluding hydrogens is 531 g/mol. The van der Waals surface area contributed by atoms with E-state index in [1.165, 1.54) is 0 Å². The zero-order valence-corrected chi connectivity index (χ0v) is 24.4. The van der Waals surface area contributed by atoms with E-state index in [2.05, 4.69) is 5.32 Å². The first-order chi connectivity index (χ1) is 19.2. The fourth-order valence-electron chi connectivity index (χ4n) is 5.29. The van der Waals surface area contributed by atoms with Crippen molar-refractivity contribution in [2.24, 2.45) is 0 Å². The lowest BCUT2D eigenvalue weighted by Crippen LogP contribution is -2.38. The molecular formula is C30H37N2O7P. The Morgan fingerprint density at radius 2 is 2.10 bits per heavy atom. The second kappa shape index (κ2) is 13.4. The second-order valence-corrected chi connectivity index (χ2v) is 10.9. The molecule has 2 aromatic rings. The first kappa shape index (κ1) is 29.7. The number of phenolic OH excluding ortho intramolecular Hbond substituents is 1. The quantitative estimate of drug-likeness (QED) is 0.155. The van der Waals surface area contributed by atoms with Crippen molar-refractivity contribution in [1.29, 1.82) is 0 Å². The number of benzene rings is 2. The van der Waals surface area contributed by atoms with Gasteiger partial charge in [0.1, 0.15) is 24.5 Å². The normalized spacial score (nSPS) is 17.7. The number of ether oxygens (including phenoxy) is 2. The van der Waals surface area contributed by atoms with Crippen LogP contribution in [0.1, 0.15) is 71.8 Å². The minimum absolute atomic E-state index is 0.00224. The van der Waals surface area contributed by atoms with Crippen molar-refractivity contribution in [3.05, 3.63) is 69.3 Å². The largest absolute Gasteiger partial charge is 0.507 e. The van der Waals surface area contributed by atoms with Crippen LogP contribution in [0.2, 0.25) is 0 Å². The fourth-order valence-corrected chi connectivity index (χ4v) is 5.65. The lowest BCUT2D eigenvalue weighted by molar-refractivity contribution is -0.154. The third-order valence-electron chi connectivity index (χ3n) is 7.63. The second-order valence-electron chi connectivity index (χ2n) is 10.3. The summed E-state index contributed by atoms with van der Waals surface area (Å²) < 4.78 is 22.5. The first-order valence-corrected chi connectivity index (χ1v) is 14.5. The SMILES string of the molecule is CCc1c(C)c2c(c(O)c1CC=C(C)Cc1ccccc1ON(P=O)[C@@H](C)C(=O)OC[C@@H]1CCCN1)C(=O)OC2. The summed E-state index contributed by atoms with van der Waals surface area (Å²) in [6.45, 7) is 8.95. The van der Waals surface area contributed by atoms with Gasteiger partial charge < -0.3 is 24.7 Å². The van der Waals surface area contributed by atoms with Crippen molar-refractivity contribution in [1.82, 2.24) is 10.2 Å².